The Balaban J connectivity index is 2.04. The van der Waals surface area contributed by atoms with Crippen LogP contribution in [0.4, 0.5) is 4.79 Å². The SMILES string of the molecule is C=CCOc1c(I)cc(I)cc1C=NNC(=O)NN=Cc1cc(I)cc(I)c1OCC=C. The van der Waals surface area contributed by atoms with Gasteiger partial charge in [-0.3, -0.25) is 0 Å². The van der Waals surface area contributed by atoms with Gasteiger partial charge in [0.2, 0.25) is 0 Å². The summed E-state index contributed by atoms with van der Waals surface area (Å²) in [7, 11) is 0. The van der Waals surface area contributed by atoms with Gasteiger partial charge >= 0.3 is 6.03 Å². The number of nitrogens with one attached hydrogen (secondary N) is 2. The first-order valence-corrected chi connectivity index (χ1v) is 13.2. The molecule has 2 rings (SSSR count). The van der Waals surface area contributed by atoms with Crippen LogP contribution >= 0.6 is 90.4 Å². The molecule has 0 heterocycles. The van der Waals surface area contributed by atoms with Crippen molar-refractivity contribution < 1.29 is 14.3 Å². The molecule has 0 saturated heterocycles. The summed E-state index contributed by atoms with van der Waals surface area (Å²) in [5.41, 5.74) is 6.26. The largest absolute Gasteiger partial charge is 0.488 e. The fraction of sp³-hybridized carbons (Fsp3) is 0.0952. The number of amides is 2. The molecule has 0 aliphatic rings. The highest BCUT2D eigenvalue weighted by atomic mass is 127. The Morgan fingerprint density at radius 3 is 1.59 bits per heavy atom. The monoisotopic (exact) mass is 882 g/mol. The number of carbonyl (C=O) groups excluding carboxylic acids is 1. The van der Waals surface area contributed by atoms with E-state index in [1.807, 2.05) is 24.3 Å². The Morgan fingerprint density at radius 1 is 0.812 bits per heavy atom. The second-order valence-electron chi connectivity index (χ2n) is 5.88. The molecule has 0 unspecified atom stereocenters. The average molecular weight is 882 g/mol. The predicted molar refractivity (Wildman–Crippen MR) is 162 cm³/mol. The molecular formula is C21H18I4N4O3. The summed E-state index contributed by atoms with van der Waals surface area (Å²) in [5, 5.41) is 7.99. The van der Waals surface area contributed by atoms with E-state index in [-0.39, 0.29) is 0 Å². The minimum atomic E-state index is -0.583. The van der Waals surface area contributed by atoms with Gasteiger partial charge < -0.3 is 9.47 Å². The summed E-state index contributed by atoms with van der Waals surface area (Å²) in [4.78, 5) is 12.1. The van der Waals surface area contributed by atoms with Crippen LogP contribution in [0.15, 0.2) is 59.8 Å². The quantitative estimate of drug-likeness (QED) is 0.135. The van der Waals surface area contributed by atoms with E-state index in [4.69, 9.17) is 9.47 Å². The molecule has 32 heavy (non-hydrogen) atoms. The molecule has 2 aromatic carbocycles. The topological polar surface area (TPSA) is 84.3 Å². The highest BCUT2D eigenvalue weighted by molar-refractivity contribution is 14.1. The highest BCUT2D eigenvalue weighted by Crippen LogP contribution is 2.28. The zero-order valence-electron chi connectivity index (χ0n) is 16.6. The third-order valence-corrected chi connectivity index (χ3v) is 6.35. The lowest BCUT2D eigenvalue weighted by atomic mass is 10.2. The van der Waals surface area contributed by atoms with E-state index in [1.54, 1.807) is 12.2 Å². The smallest absolute Gasteiger partial charge is 0.355 e. The number of hydrogen-bond donors (Lipinski definition) is 2. The lowest BCUT2D eigenvalue weighted by Crippen LogP contribution is -2.28. The van der Waals surface area contributed by atoms with Gasteiger partial charge in [0.1, 0.15) is 24.7 Å². The molecule has 0 radical (unpaired) electrons. The van der Waals surface area contributed by atoms with Crippen LogP contribution in [-0.2, 0) is 0 Å². The number of carbonyl (C=O) groups is 1. The van der Waals surface area contributed by atoms with Crippen molar-refractivity contribution in [2.45, 2.75) is 0 Å². The van der Waals surface area contributed by atoms with Gasteiger partial charge in [0.15, 0.2) is 0 Å². The van der Waals surface area contributed by atoms with Crippen LogP contribution in [0.2, 0.25) is 0 Å². The maximum absolute atomic E-state index is 12.1. The molecule has 0 atom stereocenters. The zero-order valence-corrected chi connectivity index (χ0v) is 25.2. The summed E-state index contributed by atoms with van der Waals surface area (Å²) in [6.45, 7) is 8.07. The first-order chi connectivity index (χ1) is 15.3. The fourth-order valence-electron chi connectivity index (χ4n) is 2.29. The van der Waals surface area contributed by atoms with Crippen molar-refractivity contribution in [2.75, 3.05) is 13.2 Å². The molecule has 7 nitrogen and oxygen atoms in total. The molecule has 2 aromatic rings. The zero-order chi connectivity index (χ0) is 23.5. The molecule has 2 N–H and O–H groups in total. The van der Waals surface area contributed by atoms with Crippen molar-refractivity contribution in [1.82, 2.24) is 10.9 Å². The number of rotatable bonds is 10. The van der Waals surface area contributed by atoms with Crippen LogP contribution in [-0.4, -0.2) is 31.7 Å². The van der Waals surface area contributed by atoms with Crippen LogP contribution in [0, 0.1) is 14.3 Å². The van der Waals surface area contributed by atoms with Gasteiger partial charge in [-0.2, -0.15) is 10.2 Å². The summed E-state index contributed by atoms with van der Waals surface area (Å²) in [6.07, 6.45) is 6.38. The second kappa shape index (κ2) is 14.3. The number of ether oxygens (including phenoxy) is 2. The van der Waals surface area contributed by atoms with Crippen LogP contribution in [0.1, 0.15) is 11.1 Å². The van der Waals surface area contributed by atoms with Crippen LogP contribution in [0.5, 0.6) is 11.5 Å². The summed E-state index contributed by atoms with van der Waals surface area (Å²) < 4.78 is 15.3. The maximum atomic E-state index is 12.1. The van der Waals surface area contributed by atoms with Crippen molar-refractivity contribution in [3.63, 3.8) is 0 Å². The standard InChI is InChI=1S/C21H18I4N4O3/c1-3-5-31-19-13(7-15(22)9-17(19)24)11-26-28-21(30)29-27-12-14-8-16(23)10-18(25)20(14)32-6-4-2/h3-4,7-12H,1-2,5-6H2,(H2,28,29,30). The normalized spacial score (nSPS) is 10.9. The number of benzene rings is 2. The van der Waals surface area contributed by atoms with Crippen LogP contribution < -0.4 is 20.3 Å². The molecule has 0 spiro atoms. The van der Waals surface area contributed by atoms with Crippen molar-refractivity contribution in [2.24, 2.45) is 10.2 Å². The first kappa shape index (κ1) is 27.3. The Hall–Kier alpha value is -0.950. The summed E-state index contributed by atoms with van der Waals surface area (Å²) in [6, 6.07) is 7.22. The van der Waals surface area contributed by atoms with Gasteiger partial charge in [-0.15, -0.1) is 0 Å². The van der Waals surface area contributed by atoms with Gasteiger partial charge in [0.25, 0.3) is 0 Å². The Labute approximate surface area is 241 Å². The van der Waals surface area contributed by atoms with E-state index in [1.165, 1.54) is 12.4 Å². The number of nitrogens with zero attached hydrogens (tertiary/aromatic N) is 2. The van der Waals surface area contributed by atoms with Gasteiger partial charge in [0.05, 0.1) is 19.6 Å². The van der Waals surface area contributed by atoms with Crippen molar-refractivity contribution in [3.05, 3.63) is 75.0 Å². The van der Waals surface area contributed by atoms with Crippen molar-refractivity contribution in [1.29, 1.82) is 0 Å². The first-order valence-electron chi connectivity index (χ1n) is 8.93. The molecule has 0 aliphatic carbocycles. The minimum Gasteiger partial charge on any atom is -0.488 e. The number of hydrazone groups is 2. The van der Waals surface area contributed by atoms with Crippen molar-refractivity contribution in [3.8, 4) is 11.5 Å². The highest BCUT2D eigenvalue weighted by Gasteiger charge is 2.10. The van der Waals surface area contributed by atoms with E-state index >= 15 is 0 Å². The molecule has 0 aliphatic heterocycles. The predicted octanol–water partition coefficient (Wildman–Crippen LogP) is 5.90. The third-order valence-electron chi connectivity index (χ3n) is 3.50. The molecule has 0 saturated carbocycles. The lowest BCUT2D eigenvalue weighted by Gasteiger charge is -2.10. The van der Waals surface area contributed by atoms with Crippen molar-refractivity contribution >= 4 is 109 Å². The summed E-state index contributed by atoms with van der Waals surface area (Å²) in [5.74, 6) is 1.35. The van der Waals surface area contributed by atoms with Gasteiger partial charge in [-0.25, -0.2) is 15.6 Å². The second-order valence-corrected chi connectivity index (χ2v) is 10.7. The maximum Gasteiger partial charge on any atom is 0.355 e. The van der Waals surface area contributed by atoms with E-state index < -0.39 is 6.03 Å². The number of halogens is 4. The van der Waals surface area contributed by atoms with E-state index in [0.717, 1.165) is 25.4 Å². The molecule has 0 aromatic heterocycles. The van der Waals surface area contributed by atoms with E-state index in [2.05, 4.69) is 125 Å². The van der Waals surface area contributed by atoms with Gasteiger partial charge in [-0.05, 0) is 115 Å². The van der Waals surface area contributed by atoms with Gasteiger partial charge in [-0.1, -0.05) is 25.3 Å². The summed E-state index contributed by atoms with van der Waals surface area (Å²) >= 11 is 8.81. The molecule has 168 valence electrons. The van der Waals surface area contributed by atoms with Crippen LogP contribution in [0.25, 0.3) is 0 Å². The third kappa shape index (κ3) is 8.77. The van der Waals surface area contributed by atoms with Gasteiger partial charge in [0, 0.05) is 18.3 Å². The molecule has 2 amide bonds. The average Bonchev–Trinajstić information content (AvgIpc) is 2.72. The number of urea groups is 1. The molecule has 0 bridgehead atoms. The molecule has 11 heteroatoms. The van der Waals surface area contributed by atoms with Crippen LogP contribution in [0.3, 0.4) is 0 Å². The Kier molecular flexibility index (Phi) is 12.2. The minimum absolute atomic E-state index is 0.371. The number of hydrogen-bond acceptors (Lipinski definition) is 5. The lowest BCUT2D eigenvalue weighted by molar-refractivity contribution is 0.242. The Morgan fingerprint density at radius 2 is 1.22 bits per heavy atom. The molecule has 0 fully saturated rings. The van der Waals surface area contributed by atoms with E-state index in [9.17, 15) is 4.79 Å². The van der Waals surface area contributed by atoms with E-state index in [0.29, 0.717) is 24.7 Å². The fourth-order valence-corrected chi connectivity index (χ4v) is 6.38. The molecular weight excluding hydrogens is 864 g/mol. The Bertz CT molecular complexity index is 976.